The van der Waals surface area contributed by atoms with Crippen molar-refractivity contribution in [2.45, 2.75) is 19.3 Å². The number of unbranched alkanes of at least 4 members (excludes halogenated alkanes) is 1. The number of hydrogen-bond donors (Lipinski definition) is 2. The van der Waals surface area contributed by atoms with Crippen molar-refractivity contribution in [3.63, 3.8) is 0 Å². The molecule has 0 aromatic carbocycles. The number of carboxylic acids is 1. The first-order valence-corrected chi connectivity index (χ1v) is 3.80. The number of carbonyl (C=O) groups is 1. The van der Waals surface area contributed by atoms with Gasteiger partial charge in [0.1, 0.15) is 0 Å². The summed E-state index contributed by atoms with van der Waals surface area (Å²) in [5.74, 6) is -0.749. The number of aliphatic carboxylic acids is 1. The second-order valence-electron chi connectivity index (χ2n) is 2.32. The lowest BCUT2D eigenvalue weighted by Gasteiger charge is -1.99. The monoisotopic (exact) mass is 157 g/mol. The summed E-state index contributed by atoms with van der Waals surface area (Å²) in [4.78, 5) is 10.0. The maximum absolute atomic E-state index is 10.0. The average Bonchev–Trinajstić information content (AvgIpc) is 1.96. The molecule has 0 amide bonds. The number of hydrogen-bond acceptors (Lipinski definition) is 2. The van der Waals surface area contributed by atoms with Crippen LogP contribution in [0.5, 0.6) is 0 Å². The highest BCUT2D eigenvalue weighted by Gasteiger charge is 1.93. The van der Waals surface area contributed by atoms with Crippen LogP contribution in [0.25, 0.3) is 0 Å². The molecule has 0 aliphatic carbocycles. The Labute approximate surface area is 67.1 Å². The van der Waals surface area contributed by atoms with Crippen molar-refractivity contribution < 1.29 is 9.90 Å². The highest BCUT2D eigenvalue weighted by Crippen LogP contribution is 1.86. The average molecular weight is 157 g/mol. The standard InChI is InChI=1S/C8H15NO2/c1-2-3-4-6-9-7-5-8(10)11/h2,9H,1,3-7H2,(H,10,11). The first-order valence-electron chi connectivity index (χ1n) is 3.80. The third kappa shape index (κ3) is 9.17. The van der Waals surface area contributed by atoms with Crippen LogP contribution in [0.15, 0.2) is 12.7 Å². The summed E-state index contributed by atoms with van der Waals surface area (Å²) in [5, 5.41) is 11.3. The van der Waals surface area contributed by atoms with Gasteiger partial charge in [-0.05, 0) is 19.4 Å². The van der Waals surface area contributed by atoms with E-state index in [1.807, 2.05) is 6.08 Å². The molecule has 3 heteroatoms. The number of allylic oxidation sites excluding steroid dienone is 1. The van der Waals surface area contributed by atoms with Crippen LogP contribution in [0, 0.1) is 0 Å². The molecular weight excluding hydrogens is 142 g/mol. The Hall–Kier alpha value is -0.830. The summed E-state index contributed by atoms with van der Waals surface area (Å²) < 4.78 is 0. The lowest BCUT2D eigenvalue weighted by molar-refractivity contribution is -0.136. The van der Waals surface area contributed by atoms with Gasteiger partial charge in [0.15, 0.2) is 0 Å². The molecule has 0 aliphatic heterocycles. The zero-order valence-corrected chi connectivity index (χ0v) is 6.68. The van der Waals surface area contributed by atoms with E-state index >= 15 is 0 Å². The Kier molecular flexibility index (Phi) is 6.73. The molecule has 64 valence electrons. The molecule has 0 fully saturated rings. The molecule has 0 aliphatic rings. The van der Waals surface area contributed by atoms with Gasteiger partial charge in [0, 0.05) is 6.54 Å². The van der Waals surface area contributed by atoms with Crippen molar-refractivity contribution in [2.24, 2.45) is 0 Å². The van der Waals surface area contributed by atoms with E-state index < -0.39 is 5.97 Å². The topological polar surface area (TPSA) is 49.3 Å². The minimum atomic E-state index is -0.749. The zero-order chi connectivity index (χ0) is 8.53. The number of rotatable bonds is 7. The third-order valence-electron chi connectivity index (χ3n) is 1.28. The molecule has 11 heavy (non-hydrogen) atoms. The Morgan fingerprint density at radius 1 is 1.55 bits per heavy atom. The van der Waals surface area contributed by atoms with Gasteiger partial charge < -0.3 is 10.4 Å². The molecule has 0 saturated carbocycles. The molecule has 0 aromatic rings. The molecule has 0 radical (unpaired) electrons. The van der Waals surface area contributed by atoms with Crippen LogP contribution >= 0.6 is 0 Å². The van der Waals surface area contributed by atoms with Crippen molar-refractivity contribution in [1.82, 2.24) is 5.32 Å². The van der Waals surface area contributed by atoms with Gasteiger partial charge in [0.05, 0.1) is 6.42 Å². The molecule has 2 N–H and O–H groups in total. The second kappa shape index (κ2) is 7.28. The molecule has 0 heterocycles. The van der Waals surface area contributed by atoms with E-state index in [0.717, 1.165) is 19.4 Å². The number of carboxylic acid groups (broad SMARTS) is 1. The van der Waals surface area contributed by atoms with Gasteiger partial charge in [-0.25, -0.2) is 0 Å². The van der Waals surface area contributed by atoms with Gasteiger partial charge in [0.2, 0.25) is 0 Å². The molecule has 0 aromatic heterocycles. The van der Waals surface area contributed by atoms with E-state index in [9.17, 15) is 4.79 Å². The number of nitrogens with one attached hydrogen (secondary N) is 1. The van der Waals surface area contributed by atoms with Gasteiger partial charge in [-0.15, -0.1) is 6.58 Å². The van der Waals surface area contributed by atoms with Gasteiger partial charge in [-0.2, -0.15) is 0 Å². The van der Waals surface area contributed by atoms with E-state index in [1.54, 1.807) is 0 Å². The third-order valence-corrected chi connectivity index (χ3v) is 1.28. The van der Waals surface area contributed by atoms with Crippen molar-refractivity contribution in [3.05, 3.63) is 12.7 Å². The first-order chi connectivity index (χ1) is 5.27. The molecule has 0 rings (SSSR count). The predicted molar refractivity (Wildman–Crippen MR) is 44.6 cm³/mol. The van der Waals surface area contributed by atoms with Crippen LogP contribution in [0.4, 0.5) is 0 Å². The van der Waals surface area contributed by atoms with Crippen LogP contribution in [0.2, 0.25) is 0 Å². The van der Waals surface area contributed by atoms with Gasteiger partial charge in [0.25, 0.3) is 0 Å². The van der Waals surface area contributed by atoms with Crippen LogP contribution in [-0.4, -0.2) is 24.2 Å². The molecule has 0 atom stereocenters. The van der Waals surface area contributed by atoms with Crippen molar-refractivity contribution in [2.75, 3.05) is 13.1 Å². The smallest absolute Gasteiger partial charge is 0.304 e. The summed E-state index contributed by atoms with van der Waals surface area (Å²) in [5.41, 5.74) is 0. The highest BCUT2D eigenvalue weighted by molar-refractivity contribution is 5.66. The fraction of sp³-hybridized carbons (Fsp3) is 0.625. The Bertz CT molecular complexity index is 123. The minimum Gasteiger partial charge on any atom is -0.481 e. The van der Waals surface area contributed by atoms with Crippen LogP contribution < -0.4 is 5.32 Å². The summed E-state index contributed by atoms with van der Waals surface area (Å²) in [6.45, 7) is 5.02. The van der Waals surface area contributed by atoms with Gasteiger partial charge >= 0.3 is 5.97 Å². The molecule has 0 bridgehead atoms. The molecule has 0 unspecified atom stereocenters. The summed E-state index contributed by atoms with van der Waals surface area (Å²) in [6.07, 6.45) is 4.08. The van der Waals surface area contributed by atoms with Crippen LogP contribution in [0.1, 0.15) is 19.3 Å². The largest absolute Gasteiger partial charge is 0.481 e. The normalized spacial score (nSPS) is 9.45. The maximum Gasteiger partial charge on any atom is 0.304 e. The minimum absolute atomic E-state index is 0.202. The fourth-order valence-corrected chi connectivity index (χ4v) is 0.692. The highest BCUT2D eigenvalue weighted by atomic mass is 16.4. The van der Waals surface area contributed by atoms with Crippen LogP contribution in [0.3, 0.4) is 0 Å². The first kappa shape index (κ1) is 10.2. The molecule has 3 nitrogen and oxygen atoms in total. The summed E-state index contributed by atoms with van der Waals surface area (Å²) in [6, 6.07) is 0. The van der Waals surface area contributed by atoms with Crippen molar-refractivity contribution in [3.8, 4) is 0 Å². The Balaban J connectivity index is 2.90. The maximum atomic E-state index is 10.0. The lowest BCUT2D eigenvalue weighted by atomic mass is 10.3. The fourth-order valence-electron chi connectivity index (χ4n) is 0.692. The summed E-state index contributed by atoms with van der Waals surface area (Å²) >= 11 is 0. The van der Waals surface area contributed by atoms with Crippen LogP contribution in [-0.2, 0) is 4.79 Å². The van der Waals surface area contributed by atoms with E-state index in [0.29, 0.717) is 6.54 Å². The predicted octanol–water partition coefficient (Wildman–Crippen LogP) is 1.02. The second-order valence-corrected chi connectivity index (χ2v) is 2.32. The molecule has 0 spiro atoms. The van der Waals surface area contributed by atoms with E-state index in [-0.39, 0.29) is 6.42 Å². The van der Waals surface area contributed by atoms with E-state index in [2.05, 4.69) is 11.9 Å². The quantitative estimate of drug-likeness (QED) is 0.428. The zero-order valence-electron chi connectivity index (χ0n) is 6.68. The molecule has 0 saturated heterocycles. The van der Waals surface area contributed by atoms with Gasteiger partial charge in [-0.1, -0.05) is 6.08 Å². The Morgan fingerprint density at radius 3 is 2.82 bits per heavy atom. The van der Waals surface area contributed by atoms with E-state index in [1.165, 1.54) is 0 Å². The lowest BCUT2D eigenvalue weighted by Crippen LogP contribution is -2.18. The summed E-state index contributed by atoms with van der Waals surface area (Å²) in [7, 11) is 0. The van der Waals surface area contributed by atoms with Crippen molar-refractivity contribution in [1.29, 1.82) is 0 Å². The Morgan fingerprint density at radius 2 is 2.27 bits per heavy atom. The molecular formula is C8H15NO2. The van der Waals surface area contributed by atoms with E-state index in [4.69, 9.17) is 5.11 Å². The SMILES string of the molecule is C=CCCCNCCC(=O)O. The van der Waals surface area contributed by atoms with Gasteiger partial charge in [-0.3, -0.25) is 4.79 Å². The van der Waals surface area contributed by atoms with Crippen molar-refractivity contribution >= 4 is 5.97 Å².